The van der Waals surface area contributed by atoms with Gasteiger partial charge in [-0.25, -0.2) is 4.39 Å². The second-order valence-corrected chi connectivity index (χ2v) is 11.5. The first-order valence-electron chi connectivity index (χ1n) is 14.6. The van der Waals surface area contributed by atoms with Gasteiger partial charge in [0.05, 0.1) is 37.9 Å². The molecule has 9 nitrogen and oxygen atoms in total. The molecule has 4 rings (SSSR count). The number of methoxy groups -OCH3 is 1. The Bertz CT molecular complexity index is 1470. The Hall–Kier alpha value is -3.95. The number of anilines is 2. The lowest BCUT2D eigenvalue weighted by Gasteiger charge is -2.38. The summed E-state index contributed by atoms with van der Waals surface area (Å²) >= 11 is 0. The van der Waals surface area contributed by atoms with E-state index in [1.54, 1.807) is 30.9 Å². The van der Waals surface area contributed by atoms with E-state index < -0.39 is 5.82 Å². The fourth-order valence-electron chi connectivity index (χ4n) is 5.49. The van der Waals surface area contributed by atoms with Gasteiger partial charge < -0.3 is 34.3 Å². The highest BCUT2D eigenvalue weighted by atomic mass is 19.1. The van der Waals surface area contributed by atoms with Gasteiger partial charge in [0, 0.05) is 55.3 Å². The van der Waals surface area contributed by atoms with Crippen LogP contribution in [0.3, 0.4) is 0 Å². The molecule has 0 bridgehead atoms. The zero-order valence-corrected chi connectivity index (χ0v) is 25.8. The van der Waals surface area contributed by atoms with Gasteiger partial charge >= 0.3 is 0 Å². The molecule has 10 heteroatoms. The Morgan fingerprint density at radius 3 is 2.21 bits per heavy atom. The summed E-state index contributed by atoms with van der Waals surface area (Å²) in [5, 5.41) is 0.718. The first-order chi connectivity index (χ1) is 19.9. The number of fused-ring (bicyclic) bond motifs is 1. The van der Waals surface area contributed by atoms with Gasteiger partial charge in [-0.15, -0.1) is 0 Å². The van der Waals surface area contributed by atoms with Crippen LogP contribution in [0.25, 0.3) is 10.8 Å². The van der Waals surface area contributed by atoms with Crippen LogP contribution in [0.4, 0.5) is 15.9 Å². The van der Waals surface area contributed by atoms with Gasteiger partial charge in [0.25, 0.3) is 0 Å². The van der Waals surface area contributed by atoms with Crippen LogP contribution in [-0.2, 0) is 16.8 Å². The molecule has 2 N–H and O–H groups in total. The number of nitrogens with zero attached hydrogens (tertiary/aromatic N) is 3. The van der Waals surface area contributed by atoms with Crippen molar-refractivity contribution in [3.63, 3.8) is 0 Å². The summed E-state index contributed by atoms with van der Waals surface area (Å²) in [6.45, 7) is 14.7. The van der Waals surface area contributed by atoms with Crippen molar-refractivity contribution in [2.24, 2.45) is 0 Å². The number of rotatable bonds is 10. The molecule has 1 aliphatic heterocycles. The van der Waals surface area contributed by atoms with Gasteiger partial charge in [0.15, 0.2) is 23.1 Å². The summed E-state index contributed by atoms with van der Waals surface area (Å²) < 4.78 is 34.2. The third kappa shape index (κ3) is 5.98. The number of hydrogen-bond acceptors (Lipinski definition) is 7. The van der Waals surface area contributed by atoms with Crippen molar-refractivity contribution >= 4 is 34.0 Å². The van der Waals surface area contributed by atoms with E-state index in [0.717, 1.165) is 17.0 Å². The predicted molar refractivity (Wildman–Crippen MR) is 164 cm³/mol. The first-order valence-corrected chi connectivity index (χ1v) is 14.6. The molecule has 228 valence electrons. The van der Waals surface area contributed by atoms with Crippen molar-refractivity contribution in [3.8, 4) is 17.2 Å². The minimum atomic E-state index is -0.607. The van der Waals surface area contributed by atoms with Crippen LogP contribution >= 0.6 is 0 Å². The molecule has 0 spiro atoms. The molecule has 0 radical (unpaired) electrons. The standard InChI is InChI=1S/C32H43FN4O5/c1-8-26(39)36-13-11-35(12-14-36)23-16-20(15-22(29(23)40-7)32(4,5)6)24(38)19-37-18-21-17-25(41-9-2)30(42-10-3)28(33)27(21)31(37)34/h15-18H,8-14,19,34H2,1-7H3. The van der Waals surface area contributed by atoms with Crippen LogP contribution in [0.5, 0.6) is 17.2 Å². The molecule has 1 saturated heterocycles. The van der Waals surface area contributed by atoms with Crippen molar-refractivity contribution in [3.05, 3.63) is 41.3 Å². The van der Waals surface area contributed by atoms with Gasteiger partial charge in [-0.05, 0) is 37.5 Å². The lowest BCUT2D eigenvalue weighted by Crippen LogP contribution is -2.48. The number of carbonyl (C=O) groups excluding carboxylic acids is 2. The smallest absolute Gasteiger partial charge is 0.222 e. The van der Waals surface area contributed by atoms with E-state index in [-0.39, 0.29) is 47.2 Å². The molecular formula is C32H43FN4O5. The average Bonchev–Trinajstić information content (AvgIpc) is 3.27. The fraction of sp³-hybridized carbons (Fsp3) is 0.500. The Morgan fingerprint density at radius 2 is 1.64 bits per heavy atom. The Labute approximate surface area is 247 Å². The monoisotopic (exact) mass is 582 g/mol. The summed E-state index contributed by atoms with van der Waals surface area (Å²) in [6.07, 6.45) is 2.14. The van der Waals surface area contributed by atoms with E-state index in [2.05, 4.69) is 25.7 Å². The topological polar surface area (TPSA) is 99.3 Å². The number of ether oxygens (including phenoxy) is 3. The molecule has 0 unspecified atom stereocenters. The molecule has 1 aromatic heterocycles. The minimum absolute atomic E-state index is 0.0120. The molecule has 2 heterocycles. The molecule has 42 heavy (non-hydrogen) atoms. The van der Waals surface area contributed by atoms with Crippen LogP contribution in [0.1, 0.15) is 63.9 Å². The van der Waals surface area contributed by atoms with Gasteiger partial charge in [-0.1, -0.05) is 27.7 Å². The fourth-order valence-corrected chi connectivity index (χ4v) is 5.49. The third-order valence-electron chi connectivity index (χ3n) is 7.66. The zero-order valence-electron chi connectivity index (χ0n) is 25.8. The Kier molecular flexibility index (Phi) is 9.23. The van der Waals surface area contributed by atoms with Crippen LogP contribution in [0, 0.1) is 5.82 Å². The van der Waals surface area contributed by atoms with Gasteiger partial charge in [0.2, 0.25) is 5.91 Å². The minimum Gasteiger partial charge on any atom is -0.494 e. The van der Waals surface area contributed by atoms with E-state index in [4.69, 9.17) is 19.9 Å². The highest BCUT2D eigenvalue weighted by Gasteiger charge is 2.29. The van der Waals surface area contributed by atoms with Crippen LogP contribution < -0.4 is 24.8 Å². The number of ketones is 1. The SMILES string of the molecule is CCOc1cc2cn(CC(=O)c3cc(N4CCN(C(=O)CC)CC4)c(OC)c(C(C)(C)C)c3)c(N)c2c(F)c1OCC. The maximum Gasteiger partial charge on any atom is 0.222 e. The van der Waals surface area contributed by atoms with E-state index >= 15 is 4.39 Å². The highest BCUT2D eigenvalue weighted by molar-refractivity contribution is 6.00. The summed E-state index contributed by atoms with van der Waals surface area (Å²) in [4.78, 5) is 30.1. The van der Waals surface area contributed by atoms with Gasteiger partial charge in [-0.3, -0.25) is 9.59 Å². The lowest BCUT2D eigenvalue weighted by molar-refractivity contribution is -0.131. The van der Waals surface area contributed by atoms with E-state index in [1.807, 2.05) is 30.9 Å². The van der Waals surface area contributed by atoms with Gasteiger partial charge in [-0.2, -0.15) is 0 Å². The number of nitrogens with two attached hydrogens (primary N) is 1. The number of carbonyl (C=O) groups is 2. The van der Waals surface area contributed by atoms with Crippen molar-refractivity contribution in [1.29, 1.82) is 0 Å². The average molecular weight is 583 g/mol. The number of nitrogen functional groups attached to an aromatic ring is 1. The number of benzene rings is 2. The number of halogens is 1. The van der Waals surface area contributed by atoms with Crippen molar-refractivity contribution in [2.45, 2.75) is 59.9 Å². The Balaban J connectivity index is 1.73. The highest BCUT2D eigenvalue weighted by Crippen LogP contribution is 2.42. The van der Waals surface area contributed by atoms with Crippen LogP contribution in [0.15, 0.2) is 24.4 Å². The van der Waals surface area contributed by atoms with E-state index in [0.29, 0.717) is 55.9 Å². The lowest BCUT2D eigenvalue weighted by atomic mass is 9.84. The van der Waals surface area contributed by atoms with Gasteiger partial charge in [0.1, 0.15) is 11.6 Å². The molecule has 0 atom stereocenters. The summed E-state index contributed by atoms with van der Waals surface area (Å²) in [5.74, 6) is 0.517. The summed E-state index contributed by atoms with van der Waals surface area (Å²) in [7, 11) is 1.64. The molecule has 1 fully saturated rings. The second-order valence-electron chi connectivity index (χ2n) is 11.5. The molecule has 2 aromatic carbocycles. The maximum absolute atomic E-state index is 15.6. The quantitative estimate of drug-likeness (QED) is 0.319. The first kappa shape index (κ1) is 31.0. The molecule has 0 saturated carbocycles. The third-order valence-corrected chi connectivity index (χ3v) is 7.66. The normalized spacial score (nSPS) is 13.9. The molecule has 0 aliphatic carbocycles. The van der Waals surface area contributed by atoms with E-state index in [1.165, 1.54) is 0 Å². The molecular weight excluding hydrogens is 539 g/mol. The number of hydrogen-bond donors (Lipinski definition) is 1. The van der Waals surface area contributed by atoms with Crippen molar-refractivity contribution < 1.29 is 28.2 Å². The Morgan fingerprint density at radius 1 is 0.976 bits per heavy atom. The second kappa shape index (κ2) is 12.5. The summed E-state index contributed by atoms with van der Waals surface area (Å²) in [5.41, 5.74) is 8.32. The number of piperazine rings is 1. The predicted octanol–water partition coefficient (Wildman–Crippen LogP) is 5.41. The van der Waals surface area contributed by atoms with Crippen molar-refractivity contribution in [2.75, 3.05) is 57.1 Å². The number of aromatic nitrogens is 1. The number of Topliss-reactive ketones (excluding diaryl/α,β-unsaturated/α-hetero) is 1. The largest absolute Gasteiger partial charge is 0.494 e. The molecule has 3 aromatic rings. The van der Waals surface area contributed by atoms with E-state index in [9.17, 15) is 9.59 Å². The van der Waals surface area contributed by atoms with Crippen LogP contribution in [0.2, 0.25) is 0 Å². The number of amides is 1. The molecule has 1 aliphatic rings. The van der Waals surface area contributed by atoms with Crippen LogP contribution in [-0.4, -0.2) is 67.7 Å². The molecule has 1 amide bonds. The maximum atomic E-state index is 15.6. The summed E-state index contributed by atoms with van der Waals surface area (Å²) in [6, 6.07) is 5.42. The van der Waals surface area contributed by atoms with Crippen molar-refractivity contribution in [1.82, 2.24) is 9.47 Å². The zero-order chi connectivity index (χ0) is 30.8.